The van der Waals surface area contributed by atoms with E-state index in [0.717, 1.165) is 39.3 Å². The second kappa shape index (κ2) is 6.86. The molecule has 6 nitrogen and oxygen atoms in total. The van der Waals surface area contributed by atoms with Crippen LogP contribution < -0.4 is 10.2 Å². The van der Waals surface area contributed by atoms with Crippen LogP contribution in [0.4, 0.5) is 5.95 Å². The first-order valence-electron chi connectivity index (χ1n) is 7.12. The summed E-state index contributed by atoms with van der Waals surface area (Å²) in [6.45, 7) is 10.6. The maximum Gasteiger partial charge on any atom is 0.266 e. The van der Waals surface area contributed by atoms with Gasteiger partial charge >= 0.3 is 0 Å². The first-order valence-corrected chi connectivity index (χ1v) is 7.12. The van der Waals surface area contributed by atoms with Crippen LogP contribution in [0.3, 0.4) is 0 Å². The minimum Gasteiger partial charge on any atom is -0.378 e. The van der Waals surface area contributed by atoms with Crippen molar-refractivity contribution in [2.45, 2.75) is 39.2 Å². The lowest BCUT2D eigenvalue weighted by molar-refractivity contribution is 0.121. The number of aromatic nitrogens is 2. The SMILES string of the molecule is CCCNC(C)C(C)c1nc(N2CCOCC2)no1. The molecule has 108 valence electrons. The van der Waals surface area contributed by atoms with Crippen LogP contribution in [-0.4, -0.2) is 49.0 Å². The Balaban J connectivity index is 1.95. The van der Waals surface area contributed by atoms with Gasteiger partial charge in [0.25, 0.3) is 5.95 Å². The van der Waals surface area contributed by atoms with E-state index in [9.17, 15) is 0 Å². The van der Waals surface area contributed by atoms with Crippen molar-refractivity contribution in [1.29, 1.82) is 0 Å². The second-order valence-corrected chi connectivity index (χ2v) is 5.06. The molecule has 1 N–H and O–H groups in total. The molecule has 1 aliphatic rings. The average Bonchev–Trinajstić information content (AvgIpc) is 2.94. The summed E-state index contributed by atoms with van der Waals surface area (Å²) in [5, 5.41) is 7.54. The lowest BCUT2D eigenvalue weighted by Crippen LogP contribution is -2.37. The monoisotopic (exact) mass is 268 g/mol. The number of hydrogen-bond donors (Lipinski definition) is 1. The van der Waals surface area contributed by atoms with E-state index in [0.29, 0.717) is 17.9 Å². The molecule has 0 aliphatic carbocycles. The number of ether oxygens (including phenoxy) is 1. The molecule has 1 aromatic heterocycles. The van der Waals surface area contributed by atoms with Crippen molar-refractivity contribution < 1.29 is 9.26 Å². The Kier molecular flexibility index (Phi) is 5.15. The minimum atomic E-state index is 0.217. The number of hydrogen-bond acceptors (Lipinski definition) is 6. The number of nitrogens with one attached hydrogen (secondary N) is 1. The van der Waals surface area contributed by atoms with Crippen LogP contribution in [0.15, 0.2) is 4.52 Å². The normalized spacial score (nSPS) is 19.4. The first kappa shape index (κ1) is 14.3. The summed E-state index contributed by atoms with van der Waals surface area (Å²) in [6.07, 6.45) is 1.12. The summed E-state index contributed by atoms with van der Waals surface area (Å²) in [7, 11) is 0. The van der Waals surface area contributed by atoms with E-state index in [1.165, 1.54) is 0 Å². The smallest absolute Gasteiger partial charge is 0.266 e. The molecular formula is C13H24N4O2. The molecule has 1 aromatic rings. The molecule has 1 fully saturated rings. The minimum absolute atomic E-state index is 0.217. The molecular weight excluding hydrogens is 244 g/mol. The van der Waals surface area contributed by atoms with Gasteiger partial charge in [-0.25, -0.2) is 0 Å². The zero-order valence-electron chi connectivity index (χ0n) is 12.1. The third-order valence-corrected chi connectivity index (χ3v) is 3.58. The maximum absolute atomic E-state index is 5.40. The molecule has 0 saturated carbocycles. The quantitative estimate of drug-likeness (QED) is 0.841. The fourth-order valence-corrected chi connectivity index (χ4v) is 2.07. The molecule has 0 amide bonds. The number of morpholine rings is 1. The largest absolute Gasteiger partial charge is 0.378 e. The highest BCUT2D eigenvalue weighted by molar-refractivity contribution is 5.28. The van der Waals surface area contributed by atoms with Gasteiger partial charge in [0.05, 0.1) is 19.1 Å². The van der Waals surface area contributed by atoms with Crippen molar-refractivity contribution in [1.82, 2.24) is 15.5 Å². The fourth-order valence-electron chi connectivity index (χ4n) is 2.07. The van der Waals surface area contributed by atoms with Crippen LogP contribution in [0.5, 0.6) is 0 Å². The molecule has 2 rings (SSSR count). The van der Waals surface area contributed by atoms with E-state index in [-0.39, 0.29) is 5.92 Å². The molecule has 19 heavy (non-hydrogen) atoms. The third kappa shape index (κ3) is 3.67. The van der Waals surface area contributed by atoms with Crippen molar-refractivity contribution in [3.8, 4) is 0 Å². The predicted molar refractivity (Wildman–Crippen MR) is 73.5 cm³/mol. The van der Waals surface area contributed by atoms with E-state index >= 15 is 0 Å². The van der Waals surface area contributed by atoms with Crippen molar-refractivity contribution in [2.75, 3.05) is 37.7 Å². The van der Waals surface area contributed by atoms with Gasteiger partial charge in [0, 0.05) is 19.1 Å². The molecule has 2 heterocycles. The van der Waals surface area contributed by atoms with Crippen molar-refractivity contribution in [3.05, 3.63) is 5.89 Å². The Morgan fingerprint density at radius 1 is 1.32 bits per heavy atom. The molecule has 0 aromatic carbocycles. The highest BCUT2D eigenvalue weighted by atomic mass is 16.5. The molecule has 2 atom stereocenters. The maximum atomic E-state index is 5.40. The van der Waals surface area contributed by atoms with Crippen LogP contribution in [0, 0.1) is 0 Å². The summed E-state index contributed by atoms with van der Waals surface area (Å²) in [5.41, 5.74) is 0. The van der Waals surface area contributed by atoms with Gasteiger partial charge in [-0.05, 0) is 25.0 Å². The number of anilines is 1. The molecule has 0 bridgehead atoms. The number of rotatable bonds is 6. The zero-order chi connectivity index (χ0) is 13.7. The Morgan fingerprint density at radius 3 is 2.74 bits per heavy atom. The predicted octanol–water partition coefficient (Wildman–Crippen LogP) is 1.40. The van der Waals surface area contributed by atoms with Gasteiger partial charge < -0.3 is 19.5 Å². The van der Waals surface area contributed by atoms with Crippen LogP contribution in [0.1, 0.15) is 39.0 Å². The lowest BCUT2D eigenvalue weighted by Gasteiger charge is -2.24. The summed E-state index contributed by atoms with van der Waals surface area (Å²) < 4.78 is 10.7. The Bertz CT molecular complexity index is 376. The van der Waals surface area contributed by atoms with Crippen molar-refractivity contribution in [3.63, 3.8) is 0 Å². The lowest BCUT2D eigenvalue weighted by atomic mass is 10.0. The first-order chi connectivity index (χ1) is 9.22. The van der Waals surface area contributed by atoms with Crippen molar-refractivity contribution in [2.24, 2.45) is 0 Å². The highest BCUT2D eigenvalue weighted by Gasteiger charge is 2.23. The van der Waals surface area contributed by atoms with Gasteiger partial charge in [-0.2, -0.15) is 4.98 Å². The molecule has 2 unspecified atom stereocenters. The van der Waals surface area contributed by atoms with E-state index in [1.807, 2.05) is 0 Å². The van der Waals surface area contributed by atoms with Gasteiger partial charge in [-0.1, -0.05) is 13.8 Å². The van der Waals surface area contributed by atoms with E-state index < -0.39 is 0 Å². The van der Waals surface area contributed by atoms with Gasteiger partial charge in [-0.15, -0.1) is 0 Å². The molecule has 0 radical (unpaired) electrons. The van der Waals surface area contributed by atoms with Crippen LogP contribution in [-0.2, 0) is 4.74 Å². The highest BCUT2D eigenvalue weighted by Crippen LogP contribution is 2.20. The standard InChI is InChI=1S/C13H24N4O2/c1-4-5-14-11(3)10(2)12-15-13(16-19-12)17-6-8-18-9-7-17/h10-11,14H,4-9H2,1-3H3. The average molecular weight is 268 g/mol. The Labute approximate surface area is 114 Å². The van der Waals surface area contributed by atoms with Gasteiger partial charge in [-0.3, -0.25) is 0 Å². The van der Waals surface area contributed by atoms with E-state index in [1.54, 1.807) is 0 Å². The summed E-state index contributed by atoms with van der Waals surface area (Å²) >= 11 is 0. The van der Waals surface area contributed by atoms with Gasteiger partial charge in [0.15, 0.2) is 0 Å². The molecule has 1 aliphatic heterocycles. The van der Waals surface area contributed by atoms with Gasteiger partial charge in [0.2, 0.25) is 5.89 Å². The van der Waals surface area contributed by atoms with E-state index in [2.05, 4.69) is 41.1 Å². The Morgan fingerprint density at radius 2 is 2.05 bits per heavy atom. The Hall–Kier alpha value is -1.14. The zero-order valence-corrected chi connectivity index (χ0v) is 12.1. The summed E-state index contributed by atoms with van der Waals surface area (Å²) in [5.74, 6) is 1.61. The van der Waals surface area contributed by atoms with E-state index in [4.69, 9.17) is 9.26 Å². The third-order valence-electron chi connectivity index (χ3n) is 3.58. The fraction of sp³-hybridized carbons (Fsp3) is 0.846. The van der Waals surface area contributed by atoms with Crippen molar-refractivity contribution >= 4 is 5.95 Å². The second-order valence-electron chi connectivity index (χ2n) is 5.06. The molecule has 0 spiro atoms. The topological polar surface area (TPSA) is 63.4 Å². The summed E-state index contributed by atoms with van der Waals surface area (Å²) in [6, 6.07) is 0.331. The van der Waals surface area contributed by atoms with Crippen LogP contribution in [0.2, 0.25) is 0 Å². The van der Waals surface area contributed by atoms with Crippen LogP contribution in [0.25, 0.3) is 0 Å². The van der Waals surface area contributed by atoms with Crippen LogP contribution >= 0.6 is 0 Å². The molecule has 1 saturated heterocycles. The molecule has 6 heteroatoms. The van der Waals surface area contributed by atoms with Gasteiger partial charge in [0.1, 0.15) is 0 Å². The number of nitrogens with zero attached hydrogens (tertiary/aromatic N) is 3. The summed E-state index contributed by atoms with van der Waals surface area (Å²) in [4.78, 5) is 6.62.